The Kier molecular flexibility index (Phi) is 15.6. The van der Waals surface area contributed by atoms with Crippen molar-refractivity contribution in [2.24, 2.45) is 5.11 Å². The molecule has 0 aliphatic rings. The SMILES string of the molecule is CCCCC(=O)OCCOCCOCCOCCN=[N+]=[N-]. The smallest absolute Gasteiger partial charge is 0.305 e. The van der Waals surface area contributed by atoms with Gasteiger partial charge in [0, 0.05) is 17.9 Å². The second kappa shape index (κ2) is 16.7. The van der Waals surface area contributed by atoms with Gasteiger partial charge in [0.1, 0.15) is 6.61 Å². The minimum atomic E-state index is -0.172. The largest absolute Gasteiger partial charge is 0.463 e. The first-order valence-corrected chi connectivity index (χ1v) is 7.21. The third-order valence-electron chi connectivity index (χ3n) is 2.37. The van der Waals surface area contributed by atoms with Gasteiger partial charge in [-0.3, -0.25) is 4.79 Å². The number of rotatable bonds is 15. The van der Waals surface area contributed by atoms with Crippen LogP contribution >= 0.6 is 0 Å². The van der Waals surface area contributed by atoms with Crippen molar-refractivity contribution in [2.45, 2.75) is 26.2 Å². The van der Waals surface area contributed by atoms with Crippen LogP contribution in [-0.4, -0.2) is 58.8 Å². The summed E-state index contributed by atoms with van der Waals surface area (Å²) in [5, 5.41) is 3.34. The van der Waals surface area contributed by atoms with Crippen LogP contribution in [0.15, 0.2) is 5.11 Å². The Morgan fingerprint density at radius 3 is 2.14 bits per heavy atom. The molecule has 0 fully saturated rings. The van der Waals surface area contributed by atoms with Crippen molar-refractivity contribution < 1.29 is 23.7 Å². The Hall–Kier alpha value is -1.34. The summed E-state index contributed by atoms with van der Waals surface area (Å²) in [6.07, 6.45) is 2.32. The number of esters is 1. The zero-order chi connectivity index (χ0) is 15.6. The van der Waals surface area contributed by atoms with Crippen LogP contribution in [0.25, 0.3) is 10.4 Å². The highest BCUT2D eigenvalue weighted by atomic mass is 16.6. The summed E-state index contributed by atoms with van der Waals surface area (Å²) >= 11 is 0. The zero-order valence-electron chi connectivity index (χ0n) is 12.7. The Balaban J connectivity index is 3.08. The van der Waals surface area contributed by atoms with E-state index in [4.69, 9.17) is 24.5 Å². The highest BCUT2D eigenvalue weighted by Gasteiger charge is 2.00. The first-order chi connectivity index (χ1) is 10.3. The molecular weight excluding hydrogens is 278 g/mol. The van der Waals surface area contributed by atoms with Gasteiger partial charge in [0.05, 0.1) is 39.6 Å². The summed E-state index contributed by atoms with van der Waals surface area (Å²) in [5.41, 5.74) is 8.03. The second-order valence-corrected chi connectivity index (χ2v) is 4.12. The minimum Gasteiger partial charge on any atom is -0.463 e. The van der Waals surface area contributed by atoms with Gasteiger partial charge in [-0.05, 0) is 12.0 Å². The number of unbranched alkanes of at least 4 members (excludes halogenated alkanes) is 1. The molecule has 0 spiro atoms. The summed E-state index contributed by atoms with van der Waals surface area (Å²) in [6.45, 7) is 5.25. The first kappa shape index (κ1) is 19.7. The third kappa shape index (κ3) is 16.6. The fraction of sp³-hybridized carbons (Fsp3) is 0.923. The molecule has 0 heterocycles. The third-order valence-corrected chi connectivity index (χ3v) is 2.37. The molecular formula is C13H25N3O5. The molecule has 0 aromatic rings. The Morgan fingerprint density at radius 1 is 1.00 bits per heavy atom. The minimum absolute atomic E-state index is 0.172. The molecule has 0 N–H and O–H groups in total. The number of carbonyl (C=O) groups excluding carboxylic acids is 1. The van der Waals surface area contributed by atoms with E-state index in [2.05, 4.69) is 10.0 Å². The second-order valence-electron chi connectivity index (χ2n) is 4.12. The van der Waals surface area contributed by atoms with Gasteiger partial charge in [-0.1, -0.05) is 18.5 Å². The number of carbonyl (C=O) groups is 1. The first-order valence-electron chi connectivity index (χ1n) is 7.21. The molecule has 0 aliphatic carbocycles. The number of hydrogen-bond acceptors (Lipinski definition) is 6. The van der Waals surface area contributed by atoms with Crippen LogP contribution < -0.4 is 0 Å². The summed E-state index contributed by atoms with van der Waals surface area (Å²) in [5.74, 6) is -0.172. The molecule has 0 saturated heterocycles. The van der Waals surface area contributed by atoms with Crippen LogP contribution in [0.4, 0.5) is 0 Å². The van der Waals surface area contributed by atoms with Crippen LogP contribution in [0.5, 0.6) is 0 Å². The molecule has 0 saturated carbocycles. The van der Waals surface area contributed by atoms with Crippen molar-refractivity contribution in [1.82, 2.24) is 0 Å². The molecule has 122 valence electrons. The summed E-state index contributed by atoms with van der Waals surface area (Å²) in [6, 6.07) is 0. The van der Waals surface area contributed by atoms with E-state index < -0.39 is 0 Å². The van der Waals surface area contributed by atoms with Gasteiger partial charge in [-0.25, -0.2) is 0 Å². The predicted octanol–water partition coefficient (Wildman–Crippen LogP) is 2.08. The van der Waals surface area contributed by atoms with Gasteiger partial charge in [0.15, 0.2) is 0 Å². The van der Waals surface area contributed by atoms with Gasteiger partial charge in [-0.2, -0.15) is 0 Å². The maximum Gasteiger partial charge on any atom is 0.305 e. The summed E-state index contributed by atoms with van der Waals surface area (Å²) < 4.78 is 20.6. The lowest BCUT2D eigenvalue weighted by molar-refractivity contribution is -0.145. The number of azide groups is 1. The number of nitrogens with zero attached hydrogens (tertiary/aromatic N) is 3. The average molecular weight is 303 g/mol. The van der Waals surface area contributed by atoms with E-state index in [0.29, 0.717) is 52.6 Å². The van der Waals surface area contributed by atoms with Crippen LogP contribution in [0, 0.1) is 0 Å². The van der Waals surface area contributed by atoms with Crippen LogP contribution in [0.2, 0.25) is 0 Å². The molecule has 21 heavy (non-hydrogen) atoms. The van der Waals surface area contributed by atoms with Crippen LogP contribution in [0.3, 0.4) is 0 Å². The van der Waals surface area contributed by atoms with Crippen molar-refractivity contribution in [1.29, 1.82) is 0 Å². The molecule has 0 aliphatic heterocycles. The molecule has 8 nitrogen and oxygen atoms in total. The molecule has 0 aromatic carbocycles. The zero-order valence-corrected chi connectivity index (χ0v) is 12.7. The fourth-order valence-electron chi connectivity index (χ4n) is 1.30. The standard InChI is InChI=1S/C13H25N3O5/c1-2-3-4-13(17)21-12-11-20-10-9-19-8-7-18-6-5-15-16-14/h2-12H2,1H3. The van der Waals surface area contributed by atoms with Gasteiger partial charge >= 0.3 is 5.97 Å². The Bertz CT molecular complexity index is 296. The molecule has 0 unspecified atom stereocenters. The summed E-state index contributed by atoms with van der Waals surface area (Å²) in [4.78, 5) is 13.8. The van der Waals surface area contributed by atoms with Crippen molar-refractivity contribution in [2.75, 3.05) is 52.8 Å². The molecule has 0 aromatic heterocycles. The van der Waals surface area contributed by atoms with Crippen molar-refractivity contribution in [3.63, 3.8) is 0 Å². The monoisotopic (exact) mass is 303 g/mol. The lowest BCUT2D eigenvalue weighted by Gasteiger charge is -2.07. The van der Waals surface area contributed by atoms with Crippen molar-refractivity contribution in [3.05, 3.63) is 10.4 Å². The van der Waals surface area contributed by atoms with Gasteiger partial charge in [0.25, 0.3) is 0 Å². The lowest BCUT2D eigenvalue weighted by Crippen LogP contribution is -2.14. The topological polar surface area (TPSA) is 103 Å². The quantitative estimate of drug-likeness (QED) is 0.151. The van der Waals surface area contributed by atoms with Gasteiger partial charge in [-0.15, -0.1) is 0 Å². The van der Waals surface area contributed by atoms with E-state index >= 15 is 0 Å². The molecule has 0 bridgehead atoms. The lowest BCUT2D eigenvalue weighted by atomic mass is 10.2. The molecule has 8 heteroatoms. The van der Waals surface area contributed by atoms with Gasteiger partial charge < -0.3 is 18.9 Å². The van der Waals surface area contributed by atoms with E-state index in [1.165, 1.54) is 0 Å². The predicted molar refractivity (Wildman–Crippen MR) is 77.0 cm³/mol. The highest BCUT2D eigenvalue weighted by Crippen LogP contribution is 1.96. The molecule has 0 atom stereocenters. The van der Waals surface area contributed by atoms with Crippen molar-refractivity contribution in [3.8, 4) is 0 Å². The van der Waals surface area contributed by atoms with Crippen molar-refractivity contribution >= 4 is 5.97 Å². The number of hydrogen-bond donors (Lipinski definition) is 0. The maximum absolute atomic E-state index is 11.2. The molecule has 0 radical (unpaired) electrons. The van der Waals surface area contributed by atoms with E-state index in [0.717, 1.165) is 12.8 Å². The Labute approximate surface area is 125 Å². The van der Waals surface area contributed by atoms with Crippen LogP contribution in [0.1, 0.15) is 26.2 Å². The van der Waals surface area contributed by atoms with E-state index in [1.807, 2.05) is 6.92 Å². The molecule has 0 amide bonds. The molecule has 0 rings (SSSR count). The normalized spacial score (nSPS) is 10.1. The number of ether oxygens (including phenoxy) is 4. The Morgan fingerprint density at radius 2 is 1.57 bits per heavy atom. The highest BCUT2D eigenvalue weighted by molar-refractivity contribution is 5.69. The maximum atomic E-state index is 11.2. The van der Waals surface area contributed by atoms with E-state index in [1.54, 1.807) is 0 Å². The average Bonchev–Trinajstić information content (AvgIpc) is 2.49. The van der Waals surface area contributed by atoms with Crippen LogP contribution in [-0.2, 0) is 23.7 Å². The fourth-order valence-corrected chi connectivity index (χ4v) is 1.30. The van der Waals surface area contributed by atoms with E-state index in [9.17, 15) is 4.79 Å². The summed E-state index contributed by atoms with van der Waals surface area (Å²) in [7, 11) is 0. The van der Waals surface area contributed by atoms with E-state index in [-0.39, 0.29) is 12.6 Å². The van der Waals surface area contributed by atoms with Gasteiger partial charge in [0.2, 0.25) is 0 Å².